The van der Waals surface area contributed by atoms with E-state index < -0.39 is 0 Å². The van der Waals surface area contributed by atoms with Crippen LogP contribution in [0.4, 0.5) is 0 Å². The molecule has 146 valence electrons. The molecule has 1 fully saturated rings. The smallest absolute Gasteiger partial charge is 0.0685 e. The van der Waals surface area contributed by atoms with E-state index in [4.69, 9.17) is 4.84 Å². The Labute approximate surface area is 156 Å². The molecule has 0 unspecified atom stereocenters. The highest BCUT2D eigenvalue weighted by Gasteiger charge is 2.08. The van der Waals surface area contributed by atoms with Gasteiger partial charge in [0.2, 0.25) is 0 Å². The van der Waals surface area contributed by atoms with E-state index in [-0.39, 0.29) is 0 Å². The van der Waals surface area contributed by atoms with Gasteiger partial charge < -0.3 is 5.32 Å². The summed E-state index contributed by atoms with van der Waals surface area (Å²) in [6.07, 6.45) is 24.9. The minimum Gasteiger partial charge on any atom is -0.314 e. The second-order valence-corrected chi connectivity index (χ2v) is 7.10. The van der Waals surface area contributed by atoms with Gasteiger partial charge in [0, 0.05) is 26.2 Å². The lowest BCUT2D eigenvalue weighted by molar-refractivity contribution is -0.165. The predicted octanol–water partition coefficient (Wildman–Crippen LogP) is 5.64. The average Bonchev–Trinajstić information content (AvgIpc) is 2.65. The molecule has 0 spiro atoms. The number of hydrogen-bond donors (Lipinski definition) is 1. The number of unbranched alkanes of at least 4 members (excludes halogenated alkanes) is 9. The number of nitrogens with zero attached hydrogens (tertiary/aromatic N) is 1. The summed E-state index contributed by atoms with van der Waals surface area (Å²) in [4.78, 5) is 5.78. The van der Waals surface area contributed by atoms with Crippen molar-refractivity contribution in [3.63, 3.8) is 0 Å². The van der Waals surface area contributed by atoms with E-state index in [9.17, 15) is 0 Å². The van der Waals surface area contributed by atoms with Crippen LogP contribution in [0, 0.1) is 0 Å². The first-order valence-corrected chi connectivity index (χ1v) is 10.8. The third kappa shape index (κ3) is 15.3. The molecular formula is C22H42N2O. The molecule has 3 nitrogen and oxygen atoms in total. The predicted molar refractivity (Wildman–Crippen MR) is 110 cm³/mol. The van der Waals surface area contributed by atoms with Crippen molar-refractivity contribution < 1.29 is 4.84 Å². The third-order valence-electron chi connectivity index (χ3n) is 4.69. The highest BCUT2D eigenvalue weighted by molar-refractivity contribution is 4.92. The quantitative estimate of drug-likeness (QED) is 0.288. The first-order valence-electron chi connectivity index (χ1n) is 10.8. The Morgan fingerprint density at radius 3 is 2.04 bits per heavy atom. The minimum atomic E-state index is 0.898. The van der Waals surface area contributed by atoms with E-state index in [1.165, 1.54) is 70.6 Å². The molecule has 1 aliphatic heterocycles. The van der Waals surface area contributed by atoms with E-state index in [0.29, 0.717) is 0 Å². The number of rotatable bonds is 16. The molecule has 0 amide bonds. The van der Waals surface area contributed by atoms with Crippen molar-refractivity contribution in [2.45, 2.75) is 84.0 Å². The summed E-state index contributed by atoms with van der Waals surface area (Å²) < 4.78 is 0. The molecule has 0 bridgehead atoms. The lowest BCUT2D eigenvalue weighted by Gasteiger charge is -2.26. The van der Waals surface area contributed by atoms with Gasteiger partial charge in [-0.05, 0) is 38.5 Å². The van der Waals surface area contributed by atoms with E-state index in [0.717, 1.165) is 39.2 Å². The monoisotopic (exact) mass is 350 g/mol. The van der Waals surface area contributed by atoms with Gasteiger partial charge >= 0.3 is 0 Å². The van der Waals surface area contributed by atoms with Crippen LogP contribution in [0.25, 0.3) is 0 Å². The third-order valence-corrected chi connectivity index (χ3v) is 4.69. The number of piperazine rings is 1. The van der Waals surface area contributed by atoms with Crippen LogP contribution in [-0.2, 0) is 4.84 Å². The summed E-state index contributed by atoms with van der Waals surface area (Å²) in [7, 11) is 0. The zero-order chi connectivity index (χ0) is 17.8. The molecule has 0 atom stereocenters. The summed E-state index contributed by atoms with van der Waals surface area (Å²) in [6, 6.07) is 0. The van der Waals surface area contributed by atoms with Crippen molar-refractivity contribution in [3.05, 3.63) is 24.3 Å². The molecule has 0 aromatic carbocycles. The molecule has 0 saturated carbocycles. The van der Waals surface area contributed by atoms with Crippen LogP contribution in [0.1, 0.15) is 84.0 Å². The van der Waals surface area contributed by atoms with E-state index in [1.807, 2.05) is 0 Å². The van der Waals surface area contributed by atoms with Gasteiger partial charge in [-0.25, -0.2) is 0 Å². The van der Waals surface area contributed by atoms with Gasteiger partial charge in [-0.2, -0.15) is 5.06 Å². The first-order chi connectivity index (χ1) is 12.4. The van der Waals surface area contributed by atoms with Crippen molar-refractivity contribution >= 4 is 0 Å². The molecule has 1 aliphatic rings. The van der Waals surface area contributed by atoms with Crippen molar-refractivity contribution in [3.8, 4) is 0 Å². The first kappa shape index (κ1) is 22.4. The van der Waals surface area contributed by atoms with Crippen LogP contribution in [-0.4, -0.2) is 37.8 Å². The Morgan fingerprint density at radius 2 is 1.36 bits per heavy atom. The molecule has 0 aliphatic carbocycles. The number of hydrogen-bond acceptors (Lipinski definition) is 3. The zero-order valence-electron chi connectivity index (χ0n) is 16.7. The van der Waals surface area contributed by atoms with Crippen LogP contribution >= 0.6 is 0 Å². The molecule has 0 aromatic heterocycles. The Hall–Kier alpha value is -0.640. The van der Waals surface area contributed by atoms with Crippen LogP contribution in [0.3, 0.4) is 0 Å². The van der Waals surface area contributed by atoms with Gasteiger partial charge in [-0.15, -0.1) is 0 Å². The summed E-state index contributed by atoms with van der Waals surface area (Å²) in [5, 5.41) is 5.46. The van der Waals surface area contributed by atoms with E-state index in [1.54, 1.807) is 0 Å². The number of allylic oxidation sites excluding steroid dienone is 4. The van der Waals surface area contributed by atoms with Gasteiger partial charge in [0.25, 0.3) is 0 Å². The van der Waals surface area contributed by atoms with Crippen molar-refractivity contribution in [2.75, 3.05) is 32.8 Å². The average molecular weight is 351 g/mol. The van der Waals surface area contributed by atoms with Gasteiger partial charge in [0.05, 0.1) is 6.61 Å². The zero-order valence-corrected chi connectivity index (χ0v) is 16.7. The summed E-state index contributed by atoms with van der Waals surface area (Å²) >= 11 is 0. The molecule has 0 radical (unpaired) electrons. The van der Waals surface area contributed by atoms with Gasteiger partial charge in [-0.3, -0.25) is 4.84 Å². The second-order valence-electron chi connectivity index (χ2n) is 7.10. The van der Waals surface area contributed by atoms with Crippen LogP contribution in [0.15, 0.2) is 24.3 Å². The molecule has 1 N–H and O–H groups in total. The highest BCUT2D eigenvalue weighted by atomic mass is 16.7. The van der Waals surface area contributed by atoms with Crippen LogP contribution in [0.2, 0.25) is 0 Å². The Kier molecular flexibility index (Phi) is 16.3. The summed E-state index contributed by atoms with van der Waals surface area (Å²) in [5.74, 6) is 0. The van der Waals surface area contributed by atoms with Gasteiger partial charge in [-0.1, -0.05) is 69.8 Å². The fourth-order valence-corrected chi connectivity index (χ4v) is 3.06. The molecule has 1 saturated heterocycles. The SMILES string of the molecule is CCCCC/C=C\C/C=C\CCCCCCCCON1CCNCC1. The maximum absolute atomic E-state index is 5.78. The fourth-order valence-electron chi connectivity index (χ4n) is 3.06. The number of hydroxylamine groups is 2. The topological polar surface area (TPSA) is 24.5 Å². The van der Waals surface area contributed by atoms with Crippen LogP contribution < -0.4 is 5.32 Å². The van der Waals surface area contributed by atoms with Crippen molar-refractivity contribution in [2.24, 2.45) is 0 Å². The molecular weight excluding hydrogens is 308 g/mol. The van der Waals surface area contributed by atoms with E-state index >= 15 is 0 Å². The van der Waals surface area contributed by atoms with Crippen molar-refractivity contribution in [1.82, 2.24) is 10.4 Å². The fraction of sp³-hybridized carbons (Fsp3) is 0.818. The lowest BCUT2D eigenvalue weighted by Crippen LogP contribution is -2.43. The molecule has 0 aromatic rings. The standard InChI is InChI=1S/C22H42N2O/c1-2-3-4-5-6-7-8-9-10-11-12-13-14-15-16-17-22-25-24-20-18-23-19-21-24/h6-7,9-10,23H,2-5,8,11-22H2,1H3/b7-6-,10-9-. The molecule has 25 heavy (non-hydrogen) atoms. The molecule has 1 heterocycles. The van der Waals surface area contributed by atoms with Crippen LogP contribution in [0.5, 0.6) is 0 Å². The normalized spacial score (nSPS) is 16.4. The maximum Gasteiger partial charge on any atom is 0.0685 e. The molecule has 1 rings (SSSR count). The summed E-state index contributed by atoms with van der Waals surface area (Å²) in [5.41, 5.74) is 0. The largest absolute Gasteiger partial charge is 0.314 e. The number of nitrogens with one attached hydrogen (secondary N) is 1. The highest BCUT2D eigenvalue weighted by Crippen LogP contribution is 2.08. The minimum absolute atomic E-state index is 0.898. The Balaban J connectivity index is 1.74. The second kappa shape index (κ2) is 18.2. The van der Waals surface area contributed by atoms with Gasteiger partial charge in [0.1, 0.15) is 0 Å². The Bertz CT molecular complexity index is 322. The maximum atomic E-state index is 5.78. The Morgan fingerprint density at radius 1 is 0.760 bits per heavy atom. The van der Waals surface area contributed by atoms with Gasteiger partial charge in [0.15, 0.2) is 0 Å². The lowest BCUT2D eigenvalue weighted by atomic mass is 10.1. The van der Waals surface area contributed by atoms with Crippen molar-refractivity contribution in [1.29, 1.82) is 0 Å². The molecule has 3 heteroatoms. The van der Waals surface area contributed by atoms with E-state index in [2.05, 4.69) is 41.6 Å². The summed E-state index contributed by atoms with van der Waals surface area (Å²) in [6.45, 7) is 7.34.